The summed E-state index contributed by atoms with van der Waals surface area (Å²) in [4.78, 5) is 113. The standard InChI is InChI=1S/C85H143NO19/c1-13-16-18-20-22-24-26-28-30-32-34-36-38-44-76(89)100-58-68(59-101-77(90)45-39-37-35-33-31-29-27-25-23-21-19-17-14-2)102-78(91)52-62(6)53-79(92)103-72-47-46-66(56-73(72)97-10)54-63(7)80-65(9)70(87)57-71(88)67(42-15-3)50-60(4)49-61(5)51-74(98-11)81-75(99-12)55-64(8)85(96,105-81)82(93)83(94)86-48-41-40-43-69(86)84(95)104-80/h15,50,54,61-62,64-70,72-75,80-81,87,96H,3,13-14,16-49,51-53,55-59H2,1-2,4-12H3/b60-50+,63-54+/t61-,62?,64+,65+,66-,67+,69-,70-,72+,73+,74-,75-,80+,81+,85+/m0/s1. The number of carbonyl (C=O) groups excluding carboxylic acids is 8. The molecule has 602 valence electrons. The smallest absolute Gasteiger partial charge is 0.329 e. The van der Waals surface area contributed by atoms with Crippen LogP contribution in [0.25, 0.3) is 0 Å². The third-order valence-corrected chi connectivity index (χ3v) is 22.3. The number of ether oxygens (including phenoxy) is 9. The summed E-state index contributed by atoms with van der Waals surface area (Å²) in [5.74, 6) is -11.0. The van der Waals surface area contributed by atoms with Gasteiger partial charge >= 0.3 is 29.8 Å². The Labute approximate surface area is 632 Å². The molecule has 2 bridgehead atoms. The second kappa shape index (κ2) is 52.3. The van der Waals surface area contributed by atoms with Crippen molar-refractivity contribution in [3.63, 3.8) is 0 Å². The predicted octanol–water partition coefficient (Wildman–Crippen LogP) is 16.6. The Hall–Kier alpha value is -4.86. The Morgan fingerprint density at radius 3 is 1.67 bits per heavy atom. The number of amides is 1. The Morgan fingerprint density at radius 2 is 1.15 bits per heavy atom. The summed E-state index contributed by atoms with van der Waals surface area (Å²) in [6, 6.07) is -1.23. The molecule has 0 radical (unpaired) electrons. The second-order valence-corrected chi connectivity index (χ2v) is 31.7. The molecule has 3 aliphatic heterocycles. The zero-order valence-electron chi connectivity index (χ0n) is 67.0. The topological polar surface area (TPSA) is 263 Å². The summed E-state index contributed by atoms with van der Waals surface area (Å²) >= 11 is 0. The highest BCUT2D eigenvalue weighted by Gasteiger charge is 2.57. The molecule has 15 atom stereocenters. The van der Waals surface area contributed by atoms with Gasteiger partial charge in [0.2, 0.25) is 5.79 Å². The Bertz CT molecular complexity index is 2580. The SMILES string of the molecule is C=CC[C@@H]1/C=C(\C)C[C@H](C)C[C@H](OC)[C@H]2O[C@@](O)(C(=O)C(=O)N3CCCC[C@H]3C(=O)O[C@H](/C(C)=C/[C@@H]3CC[C@@H](OC(=O)CC(C)CC(=O)OC(COC(=O)CCCCCCCCCCCCCCC)COC(=O)CCCCCCCCCCCCCCC)[C@H](OC)C3)[C@H](C)[C@@H](O)CC1=O)[C@H](C)C[C@@H]2OC. The van der Waals surface area contributed by atoms with Crippen molar-refractivity contribution >= 4 is 47.3 Å². The second-order valence-electron chi connectivity index (χ2n) is 31.7. The number of unbranched alkanes of at least 4 members (excludes halogenated alkanes) is 24. The first-order valence-corrected chi connectivity index (χ1v) is 41.3. The first kappa shape index (κ1) is 92.5. The van der Waals surface area contributed by atoms with Crippen LogP contribution < -0.4 is 0 Å². The van der Waals surface area contributed by atoms with Gasteiger partial charge in [0, 0.05) is 77.7 Å². The van der Waals surface area contributed by atoms with Crippen LogP contribution in [-0.4, -0.2) is 164 Å². The number of allylic oxidation sites excluding steroid dienone is 4. The van der Waals surface area contributed by atoms with E-state index in [4.69, 9.17) is 42.6 Å². The van der Waals surface area contributed by atoms with Crippen molar-refractivity contribution in [2.45, 2.75) is 379 Å². The minimum absolute atomic E-state index is 0.0253. The lowest BCUT2D eigenvalue weighted by Crippen LogP contribution is -2.64. The summed E-state index contributed by atoms with van der Waals surface area (Å²) < 4.78 is 53.7. The van der Waals surface area contributed by atoms with Crippen LogP contribution in [0.15, 0.2) is 36.0 Å². The maximum atomic E-state index is 14.8. The van der Waals surface area contributed by atoms with Crippen molar-refractivity contribution in [3.05, 3.63) is 36.0 Å². The van der Waals surface area contributed by atoms with E-state index in [0.717, 1.165) is 49.0 Å². The third-order valence-electron chi connectivity index (χ3n) is 22.3. The highest BCUT2D eigenvalue weighted by atomic mass is 16.7. The molecule has 3 heterocycles. The number of nitrogens with zero attached hydrogens (tertiary/aromatic N) is 1. The number of carbonyl (C=O) groups is 8. The number of Topliss-reactive ketones (excluding diaryl/α,β-unsaturated/α-hetero) is 2. The Kier molecular flexibility index (Phi) is 46.1. The van der Waals surface area contributed by atoms with E-state index < -0.39 is 126 Å². The minimum atomic E-state index is -2.58. The molecular weight excluding hydrogens is 1340 g/mol. The van der Waals surface area contributed by atoms with E-state index >= 15 is 0 Å². The number of rotatable bonds is 45. The average Bonchev–Trinajstić information content (AvgIpc) is 0.830. The van der Waals surface area contributed by atoms with Gasteiger partial charge in [-0.15, -0.1) is 6.58 Å². The zero-order chi connectivity index (χ0) is 77.1. The number of cyclic esters (lactones) is 1. The number of methoxy groups -OCH3 is 3. The summed E-state index contributed by atoms with van der Waals surface area (Å²) in [5.41, 5.74) is 1.48. The van der Waals surface area contributed by atoms with Crippen molar-refractivity contribution in [2.24, 2.45) is 35.5 Å². The van der Waals surface area contributed by atoms with Gasteiger partial charge < -0.3 is 57.7 Å². The van der Waals surface area contributed by atoms with E-state index in [1.165, 1.54) is 137 Å². The lowest BCUT2D eigenvalue weighted by Gasteiger charge is -2.47. The summed E-state index contributed by atoms with van der Waals surface area (Å²) in [5, 5.41) is 24.4. The monoisotopic (exact) mass is 1480 g/mol. The molecule has 1 unspecified atom stereocenters. The highest BCUT2D eigenvalue weighted by Crippen LogP contribution is 2.40. The molecular formula is C85H143NO19. The maximum absolute atomic E-state index is 14.8. The fraction of sp³-hybridized carbons (Fsp3) is 0.835. The maximum Gasteiger partial charge on any atom is 0.329 e. The van der Waals surface area contributed by atoms with Gasteiger partial charge in [-0.25, -0.2) is 4.79 Å². The lowest BCUT2D eigenvalue weighted by molar-refractivity contribution is -0.302. The van der Waals surface area contributed by atoms with Gasteiger partial charge in [-0.3, -0.25) is 33.6 Å². The molecule has 4 rings (SSSR count). The fourth-order valence-electron chi connectivity index (χ4n) is 15.8. The van der Waals surface area contributed by atoms with E-state index in [0.29, 0.717) is 69.8 Å². The molecule has 20 heteroatoms. The van der Waals surface area contributed by atoms with Crippen molar-refractivity contribution in [2.75, 3.05) is 41.1 Å². The Balaban J connectivity index is 1.42. The molecule has 2 N–H and O–H groups in total. The largest absolute Gasteiger partial charge is 0.462 e. The number of aliphatic hydroxyl groups is 2. The summed E-state index contributed by atoms with van der Waals surface area (Å²) in [6.07, 6.45) is 33.2. The molecule has 1 saturated carbocycles. The van der Waals surface area contributed by atoms with Crippen molar-refractivity contribution in [1.29, 1.82) is 0 Å². The van der Waals surface area contributed by atoms with Gasteiger partial charge in [0.05, 0.1) is 24.4 Å². The van der Waals surface area contributed by atoms with Crippen LogP contribution in [-0.2, 0) is 81.0 Å². The quantitative estimate of drug-likeness (QED) is 0.0189. The van der Waals surface area contributed by atoms with Gasteiger partial charge in [-0.05, 0) is 114 Å². The molecule has 0 spiro atoms. The number of piperidine rings is 1. The van der Waals surface area contributed by atoms with Crippen LogP contribution in [0.2, 0.25) is 0 Å². The highest BCUT2D eigenvalue weighted by molar-refractivity contribution is 6.39. The molecule has 2 saturated heterocycles. The van der Waals surface area contributed by atoms with Crippen molar-refractivity contribution < 1.29 is 91.2 Å². The Morgan fingerprint density at radius 1 is 0.648 bits per heavy atom. The van der Waals surface area contributed by atoms with Crippen LogP contribution in [0.1, 0.15) is 319 Å². The molecule has 1 amide bonds. The minimum Gasteiger partial charge on any atom is -0.462 e. The lowest BCUT2D eigenvalue weighted by atomic mass is 9.81. The van der Waals surface area contributed by atoms with E-state index in [-0.39, 0.29) is 82.3 Å². The normalized spacial score (nSPS) is 27.8. The first-order chi connectivity index (χ1) is 50.4. The zero-order valence-corrected chi connectivity index (χ0v) is 67.0. The molecule has 1 aliphatic carbocycles. The third kappa shape index (κ3) is 34.3. The number of hydrogen-bond acceptors (Lipinski definition) is 19. The van der Waals surface area contributed by atoms with Crippen LogP contribution >= 0.6 is 0 Å². The predicted molar refractivity (Wildman–Crippen MR) is 407 cm³/mol. The van der Waals surface area contributed by atoms with Gasteiger partial charge in [-0.1, -0.05) is 219 Å². The van der Waals surface area contributed by atoms with E-state index in [1.807, 2.05) is 26.0 Å². The summed E-state index contributed by atoms with van der Waals surface area (Å²) in [7, 11) is 4.56. The molecule has 0 aromatic rings. The van der Waals surface area contributed by atoms with Crippen molar-refractivity contribution in [1.82, 2.24) is 4.90 Å². The molecule has 0 aromatic carbocycles. The van der Waals surface area contributed by atoms with Crippen LogP contribution in [0.4, 0.5) is 0 Å². The van der Waals surface area contributed by atoms with Gasteiger partial charge in [0.15, 0.2) is 6.10 Å². The molecule has 3 fully saturated rings. The van der Waals surface area contributed by atoms with Gasteiger partial charge in [0.1, 0.15) is 43.4 Å². The number of ketones is 2. The molecule has 105 heavy (non-hydrogen) atoms. The number of fused-ring (bicyclic) bond motifs is 3. The number of esters is 5. The first-order valence-electron chi connectivity index (χ1n) is 41.3. The van der Waals surface area contributed by atoms with E-state index in [2.05, 4.69) is 20.4 Å². The number of hydrogen-bond donors (Lipinski definition) is 2. The van der Waals surface area contributed by atoms with Crippen LogP contribution in [0.5, 0.6) is 0 Å². The van der Waals surface area contributed by atoms with Gasteiger partial charge in [-0.2, -0.15) is 0 Å². The van der Waals surface area contributed by atoms with E-state index in [9.17, 15) is 48.6 Å². The number of aliphatic hydroxyl groups excluding tert-OH is 1. The average molecular weight is 1480 g/mol. The van der Waals surface area contributed by atoms with Gasteiger partial charge in [0.25, 0.3) is 11.7 Å². The van der Waals surface area contributed by atoms with Crippen molar-refractivity contribution in [3.8, 4) is 0 Å². The van der Waals surface area contributed by atoms with Crippen LogP contribution in [0, 0.1) is 35.5 Å². The molecule has 4 aliphatic rings. The summed E-state index contributed by atoms with van der Waals surface area (Å²) in [6.45, 7) is 18.7. The van der Waals surface area contributed by atoms with Crippen LogP contribution in [0.3, 0.4) is 0 Å². The molecule has 20 nitrogen and oxygen atoms in total. The van der Waals surface area contributed by atoms with E-state index in [1.54, 1.807) is 33.8 Å². The fourth-order valence-corrected chi connectivity index (χ4v) is 15.8. The molecule has 0 aromatic heterocycles.